The van der Waals surface area contributed by atoms with E-state index in [2.05, 4.69) is 9.88 Å². The van der Waals surface area contributed by atoms with Crippen LogP contribution in [0.3, 0.4) is 0 Å². The van der Waals surface area contributed by atoms with Crippen molar-refractivity contribution in [2.24, 2.45) is 11.7 Å². The summed E-state index contributed by atoms with van der Waals surface area (Å²) in [6, 6.07) is 11.1. The Balaban J connectivity index is 1.22. The third-order valence-electron chi connectivity index (χ3n) is 6.88. The molecule has 0 bridgehead atoms. The molecule has 2 aromatic carbocycles. The molecule has 1 aromatic heterocycles. The highest BCUT2D eigenvalue weighted by Crippen LogP contribution is 2.36. The van der Waals surface area contributed by atoms with Crippen LogP contribution in [0.5, 0.6) is 5.75 Å². The zero-order valence-corrected chi connectivity index (χ0v) is 24.4. The third-order valence-corrected chi connectivity index (χ3v) is 9.42. The summed E-state index contributed by atoms with van der Waals surface area (Å²) >= 11 is 26.8. The standard InChI is InChI=1S/C27H28Cl4N4O2S/c28-21-4-1-3-16(24(21)31)14-35(18-7-8-18)26(36)17(12-32)11-20-13-33-27(38-20)34-10-9-19(15-34)37-25-22(29)5-2-6-23(25)30/h1-6,13,17-19H,7-12,14-15,32H2/t17-,19+/m0/s1. The number of carbonyl (C=O) groups is 1. The molecule has 202 valence electrons. The highest BCUT2D eigenvalue weighted by molar-refractivity contribution is 7.15. The van der Waals surface area contributed by atoms with Gasteiger partial charge in [0.05, 0.1) is 32.6 Å². The van der Waals surface area contributed by atoms with Gasteiger partial charge in [-0.15, -0.1) is 11.3 Å². The Morgan fingerprint density at radius 3 is 2.53 bits per heavy atom. The fraction of sp³-hybridized carbons (Fsp3) is 0.407. The number of anilines is 1. The number of rotatable bonds is 10. The van der Waals surface area contributed by atoms with Crippen LogP contribution in [-0.2, 0) is 17.8 Å². The monoisotopic (exact) mass is 612 g/mol. The van der Waals surface area contributed by atoms with Gasteiger partial charge in [-0.2, -0.15) is 0 Å². The fourth-order valence-electron chi connectivity index (χ4n) is 4.67. The van der Waals surface area contributed by atoms with Crippen molar-refractivity contribution in [1.29, 1.82) is 0 Å². The molecular formula is C27H28Cl4N4O2S. The lowest BCUT2D eigenvalue weighted by Gasteiger charge is -2.27. The zero-order chi connectivity index (χ0) is 26.8. The van der Waals surface area contributed by atoms with E-state index in [1.165, 1.54) is 0 Å². The van der Waals surface area contributed by atoms with Crippen LogP contribution < -0.4 is 15.4 Å². The van der Waals surface area contributed by atoms with Gasteiger partial charge in [-0.3, -0.25) is 4.79 Å². The van der Waals surface area contributed by atoms with E-state index in [1.54, 1.807) is 35.6 Å². The van der Waals surface area contributed by atoms with Gasteiger partial charge in [0.2, 0.25) is 5.91 Å². The largest absolute Gasteiger partial charge is 0.485 e. The van der Waals surface area contributed by atoms with E-state index >= 15 is 0 Å². The number of benzene rings is 2. The quantitative estimate of drug-likeness (QED) is 0.275. The molecule has 0 radical (unpaired) electrons. The molecule has 2 aliphatic rings. The topological polar surface area (TPSA) is 71.7 Å². The number of hydrogen-bond acceptors (Lipinski definition) is 6. The van der Waals surface area contributed by atoms with Gasteiger partial charge in [0.1, 0.15) is 6.10 Å². The maximum atomic E-state index is 13.6. The number of thiazole rings is 1. The van der Waals surface area contributed by atoms with Crippen LogP contribution in [0.4, 0.5) is 5.13 Å². The van der Waals surface area contributed by atoms with Crippen LogP contribution in [0, 0.1) is 5.92 Å². The first-order chi connectivity index (χ1) is 18.3. The highest BCUT2D eigenvalue weighted by atomic mass is 35.5. The summed E-state index contributed by atoms with van der Waals surface area (Å²) in [7, 11) is 0. The van der Waals surface area contributed by atoms with Crippen LogP contribution in [0.2, 0.25) is 20.1 Å². The second-order valence-electron chi connectivity index (χ2n) is 9.68. The Labute approximate surface area is 246 Å². The molecule has 0 spiro atoms. The third kappa shape index (κ3) is 6.35. The average molecular weight is 614 g/mol. The van der Waals surface area contributed by atoms with E-state index in [9.17, 15) is 4.79 Å². The first-order valence-electron chi connectivity index (χ1n) is 12.6. The minimum atomic E-state index is -0.334. The molecule has 38 heavy (non-hydrogen) atoms. The molecule has 1 aliphatic heterocycles. The minimum Gasteiger partial charge on any atom is -0.485 e. The van der Waals surface area contributed by atoms with Gasteiger partial charge < -0.3 is 20.3 Å². The molecule has 3 aromatic rings. The van der Waals surface area contributed by atoms with Crippen molar-refractivity contribution in [1.82, 2.24) is 9.88 Å². The Kier molecular flexibility index (Phi) is 8.92. The normalized spacial score (nSPS) is 18.0. The summed E-state index contributed by atoms with van der Waals surface area (Å²) in [6.07, 6.45) is 5.17. The minimum absolute atomic E-state index is 0.0384. The summed E-state index contributed by atoms with van der Waals surface area (Å²) in [5.74, 6) is 0.234. The van der Waals surface area contributed by atoms with Crippen LogP contribution in [0.1, 0.15) is 29.7 Å². The molecule has 1 amide bonds. The molecule has 1 saturated heterocycles. The lowest BCUT2D eigenvalue weighted by atomic mass is 10.0. The van der Waals surface area contributed by atoms with E-state index in [0.717, 1.165) is 41.4 Å². The van der Waals surface area contributed by atoms with Crippen molar-refractivity contribution >= 4 is 68.8 Å². The summed E-state index contributed by atoms with van der Waals surface area (Å²) < 4.78 is 6.11. The van der Waals surface area contributed by atoms with Crippen molar-refractivity contribution < 1.29 is 9.53 Å². The van der Waals surface area contributed by atoms with Gasteiger partial charge >= 0.3 is 0 Å². The molecule has 1 saturated carbocycles. The lowest BCUT2D eigenvalue weighted by Crippen LogP contribution is -2.41. The number of carbonyl (C=O) groups excluding carboxylic acids is 1. The van der Waals surface area contributed by atoms with Crippen molar-refractivity contribution in [2.75, 3.05) is 24.5 Å². The highest BCUT2D eigenvalue weighted by Gasteiger charge is 2.36. The molecule has 6 nitrogen and oxygen atoms in total. The molecule has 2 fully saturated rings. The Morgan fingerprint density at radius 1 is 1.11 bits per heavy atom. The first kappa shape index (κ1) is 27.8. The van der Waals surface area contributed by atoms with Gasteiger partial charge in [0, 0.05) is 43.2 Å². The van der Waals surface area contributed by atoms with Gasteiger partial charge in [0.15, 0.2) is 10.9 Å². The van der Waals surface area contributed by atoms with E-state index in [1.807, 2.05) is 23.2 Å². The fourth-order valence-corrected chi connectivity index (χ4v) is 6.56. The number of nitrogens with zero attached hydrogens (tertiary/aromatic N) is 3. The maximum absolute atomic E-state index is 13.6. The second kappa shape index (κ2) is 12.2. The molecule has 2 atom stereocenters. The number of nitrogens with two attached hydrogens (primary N) is 1. The lowest BCUT2D eigenvalue weighted by molar-refractivity contribution is -0.136. The molecule has 0 unspecified atom stereocenters. The number of para-hydroxylation sites is 1. The molecule has 11 heteroatoms. The molecule has 1 aliphatic carbocycles. The average Bonchev–Trinajstić information content (AvgIpc) is 3.45. The van der Waals surface area contributed by atoms with Gasteiger partial charge in [-0.25, -0.2) is 4.98 Å². The summed E-state index contributed by atoms with van der Waals surface area (Å²) in [6.45, 7) is 2.19. The second-order valence-corrected chi connectivity index (χ2v) is 12.4. The predicted octanol–water partition coefficient (Wildman–Crippen LogP) is 6.72. The molecular weight excluding hydrogens is 586 g/mol. The summed E-state index contributed by atoms with van der Waals surface area (Å²) in [5.41, 5.74) is 6.96. The van der Waals surface area contributed by atoms with E-state index in [4.69, 9.17) is 56.9 Å². The SMILES string of the molecule is NC[C@H](Cc1cnc(N2CC[C@@H](Oc3c(Cl)cccc3Cl)C2)s1)C(=O)N(Cc1cccc(Cl)c1Cl)C1CC1. The van der Waals surface area contributed by atoms with E-state index in [-0.39, 0.29) is 30.5 Å². The predicted molar refractivity (Wildman–Crippen MR) is 156 cm³/mol. The van der Waals surface area contributed by atoms with Crippen LogP contribution >= 0.6 is 57.7 Å². The van der Waals surface area contributed by atoms with Crippen LogP contribution in [-0.4, -0.2) is 47.6 Å². The van der Waals surface area contributed by atoms with Crippen molar-refractivity contribution in [3.8, 4) is 5.75 Å². The summed E-state index contributed by atoms with van der Waals surface area (Å²) in [4.78, 5) is 23.4. The molecule has 2 heterocycles. The molecule has 2 N–H and O–H groups in total. The number of halogens is 4. The van der Waals surface area contributed by atoms with Gasteiger partial charge in [-0.05, 0) is 43.0 Å². The summed E-state index contributed by atoms with van der Waals surface area (Å²) in [5, 5.41) is 2.90. The Morgan fingerprint density at radius 2 is 1.82 bits per heavy atom. The molecule has 5 rings (SSSR count). The van der Waals surface area contributed by atoms with Crippen molar-refractivity contribution in [3.05, 3.63) is 73.1 Å². The number of hydrogen-bond donors (Lipinski definition) is 1. The number of amides is 1. The van der Waals surface area contributed by atoms with E-state index < -0.39 is 0 Å². The van der Waals surface area contributed by atoms with Gasteiger partial charge in [0.25, 0.3) is 0 Å². The maximum Gasteiger partial charge on any atom is 0.227 e. The van der Waals surface area contributed by atoms with Gasteiger partial charge in [-0.1, -0.05) is 64.6 Å². The van der Waals surface area contributed by atoms with Crippen molar-refractivity contribution in [3.63, 3.8) is 0 Å². The van der Waals surface area contributed by atoms with E-state index in [0.29, 0.717) is 45.4 Å². The Hall–Kier alpha value is -1.74. The first-order valence-corrected chi connectivity index (χ1v) is 14.9. The smallest absolute Gasteiger partial charge is 0.227 e. The Bertz CT molecular complexity index is 1280. The van der Waals surface area contributed by atoms with Crippen LogP contribution in [0.15, 0.2) is 42.6 Å². The van der Waals surface area contributed by atoms with Crippen molar-refractivity contribution in [2.45, 2.75) is 44.4 Å². The van der Waals surface area contributed by atoms with Crippen LogP contribution in [0.25, 0.3) is 0 Å². The zero-order valence-electron chi connectivity index (χ0n) is 20.6. The number of aromatic nitrogens is 1. The number of ether oxygens (including phenoxy) is 1.